The monoisotopic (exact) mass is 511 g/mol. The maximum absolute atomic E-state index is 13.3. The minimum absolute atomic E-state index is 0.145. The SMILES string of the molecule is O=C(O)C1=CC2(CCC1S(=O)(=O)Nc1ccc(F)cc1Cl)OC(C(O)CO)C(C(O)CO)O2. The molecular weight excluding hydrogens is 489 g/mol. The summed E-state index contributed by atoms with van der Waals surface area (Å²) in [6.07, 6.45) is -5.29. The zero-order chi connectivity index (χ0) is 24.6. The van der Waals surface area contributed by atoms with Gasteiger partial charge in [0.2, 0.25) is 10.0 Å². The van der Waals surface area contributed by atoms with Gasteiger partial charge < -0.3 is 35.0 Å². The first-order valence-electron chi connectivity index (χ1n) is 9.79. The van der Waals surface area contributed by atoms with E-state index in [2.05, 4.69) is 4.72 Å². The Morgan fingerprint density at radius 1 is 1.21 bits per heavy atom. The number of halogens is 2. The molecule has 5 unspecified atom stereocenters. The van der Waals surface area contributed by atoms with Crippen LogP contribution in [0.15, 0.2) is 29.8 Å². The van der Waals surface area contributed by atoms with E-state index in [0.717, 1.165) is 24.3 Å². The summed E-state index contributed by atoms with van der Waals surface area (Å²) in [5.74, 6) is -4.11. The first-order chi connectivity index (χ1) is 15.4. The predicted octanol–water partition coefficient (Wildman–Crippen LogP) is -0.419. The van der Waals surface area contributed by atoms with E-state index in [1.807, 2.05) is 0 Å². The molecule has 1 aliphatic carbocycles. The fourth-order valence-electron chi connectivity index (χ4n) is 3.82. The fourth-order valence-corrected chi connectivity index (χ4v) is 5.65. The van der Waals surface area contributed by atoms with Crippen LogP contribution in [0.1, 0.15) is 12.8 Å². The van der Waals surface area contributed by atoms with Crippen molar-refractivity contribution in [1.29, 1.82) is 0 Å². The molecule has 1 aliphatic heterocycles. The molecule has 11 nitrogen and oxygen atoms in total. The Morgan fingerprint density at radius 3 is 2.27 bits per heavy atom. The number of nitrogens with one attached hydrogen (secondary N) is 1. The molecule has 1 aromatic carbocycles. The second kappa shape index (κ2) is 9.80. The highest BCUT2D eigenvalue weighted by molar-refractivity contribution is 7.93. The van der Waals surface area contributed by atoms with Gasteiger partial charge in [-0.25, -0.2) is 17.6 Å². The number of benzene rings is 1. The lowest BCUT2D eigenvalue weighted by Gasteiger charge is -2.33. The van der Waals surface area contributed by atoms with Gasteiger partial charge in [0.15, 0.2) is 5.79 Å². The number of carboxylic acid groups (broad SMARTS) is 1. The lowest BCUT2D eigenvalue weighted by Crippen LogP contribution is -2.45. The van der Waals surface area contributed by atoms with E-state index in [-0.39, 0.29) is 23.6 Å². The van der Waals surface area contributed by atoms with Crippen LogP contribution in [0.25, 0.3) is 0 Å². The molecule has 0 bridgehead atoms. The summed E-state index contributed by atoms with van der Waals surface area (Å²) in [7, 11) is -4.38. The second-order valence-corrected chi connectivity index (χ2v) is 9.95. The van der Waals surface area contributed by atoms with Crippen molar-refractivity contribution in [2.45, 2.75) is 48.3 Å². The maximum Gasteiger partial charge on any atom is 0.332 e. The molecule has 1 aromatic rings. The Labute approximate surface area is 193 Å². The summed E-state index contributed by atoms with van der Waals surface area (Å²) in [5, 5.41) is 46.5. The van der Waals surface area contributed by atoms with Gasteiger partial charge in [0.1, 0.15) is 35.5 Å². The van der Waals surface area contributed by atoms with E-state index in [0.29, 0.717) is 0 Å². The van der Waals surface area contributed by atoms with Crippen LogP contribution in [0.2, 0.25) is 5.02 Å². The van der Waals surface area contributed by atoms with Crippen LogP contribution in [0.4, 0.5) is 10.1 Å². The molecule has 14 heteroatoms. The van der Waals surface area contributed by atoms with Crippen molar-refractivity contribution in [1.82, 2.24) is 0 Å². The van der Waals surface area contributed by atoms with Crippen molar-refractivity contribution in [2.24, 2.45) is 0 Å². The van der Waals surface area contributed by atoms with Gasteiger partial charge in [0.05, 0.1) is 29.5 Å². The van der Waals surface area contributed by atoms with Crippen LogP contribution in [0.5, 0.6) is 0 Å². The van der Waals surface area contributed by atoms with Crippen molar-refractivity contribution in [3.8, 4) is 0 Å². The number of hydrogen-bond donors (Lipinski definition) is 6. The van der Waals surface area contributed by atoms with Crippen LogP contribution >= 0.6 is 11.6 Å². The average Bonchev–Trinajstić information content (AvgIpc) is 3.13. The highest BCUT2D eigenvalue weighted by Crippen LogP contribution is 2.43. The van der Waals surface area contributed by atoms with Gasteiger partial charge in [-0.3, -0.25) is 4.72 Å². The number of carbonyl (C=O) groups is 1. The molecule has 0 amide bonds. The number of hydrogen-bond acceptors (Lipinski definition) is 9. The lowest BCUT2D eigenvalue weighted by atomic mass is 9.94. The molecule has 6 N–H and O–H groups in total. The van der Waals surface area contributed by atoms with E-state index in [1.165, 1.54) is 0 Å². The molecule has 0 aromatic heterocycles. The first kappa shape index (κ1) is 25.8. The largest absolute Gasteiger partial charge is 0.478 e. The minimum atomic E-state index is -4.38. The van der Waals surface area contributed by atoms with E-state index < -0.39 is 76.0 Å². The van der Waals surface area contributed by atoms with Crippen molar-refractivity contribution in [2.75, 3.05) is 17.9 Å². The van der Waals surface area contributed by atoms with Crippen molar-refractivity contribution in [3.05, 3.63) is 40.7 Å². The Hall–Kier alpha value is -1.84. The topological polar surface area (TPSA) is 183 Å². The smallest absolute Gasteiger partial charge is 0.332 e. The molecule has 2 aliphatic rings. The minimum Gasteiger partial charge on any atom is -0.478 e. The number of ether oxygens (including phenoxy) is 2. The van der Waals surface area contributed by atoms with Gasteiger partial charge in [-0.05, 0) is 30.7 Å². The Morgan fingerprint density at radius 2 is 1.79 bits per heavy atom. The van der Waals surface area contributed by atoms with Crippen LogP contribution in [-0.2, 0) is 24.3 Å². The summed E-state index contributed by atoms with van der Waals surface area (Å²) in [6, 6.07) is 2.96. The number of rotatable bonds is 8. The zero-order valence-corrected chi connectivity index (χ0v) is 18.5. The third-order valence-electron chi connectivity index (χ3n) is 5.41. The number of sulfonamides is 1. The van der Waals surface area contributed by atoms with Gasteiger partial charge in [-0.15, -0.1) is 0 Å². The highest BCUT2D eigenvalue weighted by Gasteiger charge is 2.54. The second-order valence-electron chi connectivity index (χ2n) is 7.68. The summed E-state index contributed by atoms with van der Waals surface area (Å²) >= 11 is 5.86. The summed E-state index contributed by atoms with van der Waals surface area (Å²) in [6.45, 7) is -1.54. The van der Waals surface area contributed by atoms with Gasteiger partial charge in [0.25, 0.3) is 0 Å². The van der Waals surface area contributed by atoms with E-state index in [4.69, 9.17) is 21.1 Å². The number of anilines is 1. The molecule has 1 fully saturated rings. The van der Waals surface area contributed by atoms with Crippen LogP contribution < -0.4 is 4.72 Å². The van der Waals surface area contributed by atoms with Crippen molar-refractivity contribution >= 4 is 33.3 Å². The van der Waals surface area contributed by atoms with Crippen LogP contribution in [-0.4, -0.2) is 88.6 Å². The lowest BCUT2D eigenvalue weighted by molar-refractivity contribution is -0.163. The standard InChI is InChI=1S/C19H23ClFNO10S/c20-11-5-9(21)1-2-12(11)22-33(29,30)15-3-4-19(6-10(15)18(27)28)31-16(13(25)7-23)17(32-19)14(26)8-24/h1-2,5-6,13-17,22-26H,3-4,7-8H2,(H,27,28). The molecule has 1 heterocycles. The van der Waals surface area contributed by atoms with E-state index in [9.17, 15) is 43.1 Å². The molecule has 1 spiro atoms. The molecule has 5 atom stereocenters. The summed E-state index contributed by atoms with van der Waals surface area (Å²) < 4.78 is 52.6. The number of aliphatic hydroxyl groups is 4. The maximum atomic E-state index is 13.3. The van der Waals surface area contributed by atoms with Crippen molar-refractivity contribution < 1.29 is 52.6 Å². The van der Waals surface area contributed by atoms with E-state index >= 15 is 0 Å². The van der Waals surface area contributed by atoms with Gasteiger partial charge in [-0.1, -0.05) is 11.6 Å². The van der Waals surface area contributed by atoms with Gasteiger partial charge in [-0.2, -0.15) is 0 Å². The predicted molar refractivity (Wildman–Crippen MR) is 111 cm³/mol. The zero-order valence-electron chi connectivity index (χ0n) is 17.0. The first-order valence-corrected chi connectivity index (χ1v) is 11.7. The van der Waals surface area contributed by atoms with Crippen LogP contribution in [0.3, 0.4) is 0 Å². The number of carboxylic acids is 1. The van der Waals surface area contributed by atoms with Gasteiger partial charge >= 0.3 is 5.97 Å². The molecule has 184 valence electrons. The molecule has 0 radical (unpaired) electrons. The van der Waals surface area contributed by atoms with Gasteiger partial charge in [0, 0.05) is 6.42 Å². The van der Waals surface area contributed by atoms with E-state index in [1.54, 1.807) is 0 Å². The van der Waals surface area contributed by atoms with Crippen molar-refractivity contribution in [3.63, 3.8) is 0 Å². The van der Waals surface area contributed by atoms with Crippen LogP contribution in [0, 0.1) is 5.82 Å². The average molecular weight is 512 g/mol. The molecule has 0 saturated carbocycles. The normalized spacial score (nSPS) is 29.5. The highest BCUT2D eigenvalue weighted by atomic mass is 35.5. The third-order valence-corrected chi connectivity index (χ3v) is 7.47. The molecular formula is C19H23ClFNO10S. The third kappa shape index (κ3) is 5.30. The quantitative estimate of drug-likeness (QED) is 0.268. The Kier molecular flexibility index (Phi) is 7.65. The number of aliphatic carboxylic acids is 1. The Balaban J connectivity index is 1.93. The molecule has 33 heavy (non-hydrogen) atoms. The molecule has 3 rings (SSSR count). The summed E-state index contributed by atoms with van der Waals surface area (Å²) in [4.78, 5) is 11.9. The Bertz CT molecular complexity index is 1020. The summed E-state index contributed by atoms with van der Waals surface area (Å²) in [5.41, 5.74) is -0.753. The fraction of sp³-hybridized carbons (Fsp3) is 0.526. The number of aliphatic hydroxyl groups excluding tert-OH is 4. The molecule has 1 saturated heterocycles.